The Kier molecular flexibility index (Phi) is 4.28. The Bertz CT molecular complexity index is 505. The molecule has 1 heterocycles. The molecule has 0 fully saturated rings. The number of nitrogens with zero attached hydrogens (tertiary/aromatic N) is 1. The molecule has 2 rings (SSSR count). The van der Waals surface area contributed by atoms with E-state index in [0.29, 0.717) is 18.4 Å². The number of carbonyl (C=O) groups excluding carboxylic acids is 1. The van der Waals surface area contributed by atoms with Gasteiger partial charge in [-0.25, -0.2) is 0 Å². The Hall–Kier alpha value is -2.17. The maximum Gasteiger partial charge on any atom is 0.269 e. The van der Waals surface area contributed by atoms with Crippen molar-refractivity contribution >= 4 is 11.5 Å². The first-order valence-electron chi connectivity index (χ1n) is 6.26. The molecule has 0 radical (unpaired) electrons. The molecule has 100 valence electrons. The van der Waals surface area contributed by atoms with Crippen LogP contribution in [0.3, 0.4) is 0 Å². The first kappa shape index (κ1) is 13.3. The quantitative estimate of drug-likeness (QED) is 0.463. The standard InChI is InChI=1S/C14H15NO4/c16-14(9-8-13-3-1-2-10-19-13)11-4-6-12(7-5-11)15(17)18/h3-7H,1-2,8-10H2. The Balaban J connectivity index is 1.92. The van der Waals surface area contributed by atoms with E-state index in [4.69, 9.17) is 4.74 Å². The Morgan fingerprint density at radius 3 is 2.63 bits per heavy atom. The van der Waals surface area contributed by atoms with Gasteiger partial charge in [0, 0.05) is 30.5 Å². The minimum Gasteiger partial charge on any atom is -0.498 e. The fourth-order valence-electron chi connectivity index (χ4n) is 1.93. The molecular formula is C14H15NO4. The fourth-order valence-corrected chi connectivity index (χ4v) is 1.93. The lowest BCUT2D eigenvalue weighted by molar-refractivity contribution is -0.384. The van der Waals surface area contributed by atoms with Crippen molar-refractivity contribution in [2.24, 2.45) is 0 Å². The van der Waals surface area contributed by atoms with E-state index >= 15 is 0 Å². The highest BCUT2D eigenvalue weighted by Gasteiger charge is 2.11. The number of ketones is 1. The van der Waals surface area contributed by atoms with Crippen molar-refractivity contribution in [2.45, 2.75) is 25.7 Å². The molecule has 0 atom stereocenters. The number of rotatable bonds is 5. The molecule has 5 nitrogen and oxygen atoms in total. The average Bonchev–Trinajstić information content (AvgIpc) is 2.46. The van der Waals surface area contributed by atoms with Gasteiger partial charge in [0.2, 0.25) is 0 Å². The van der Waals surface area contributed by atoms with Crippen LogP contribution in [0.2, 0.25) is 0 Å². The molecule has 0 amide bonds. The summed E-state index contributed by atoms with van der Waals surface area (Å²) < 4.78 is 5.43. The molecule has 1 aromatic rings. The highest BCUT2D eigenvalue weighted by molar-refractivity contribution is 5.96. The van der Waals surface area contributed by atoms with Crippen molar-refractivity contribution in [1.29, 1.82) is 0 Å². The summed E-state index contributed by atoms with van der Waals surface area (Å²) in [6.45, 7) is 0.720. The molecule has 0 spiro atoms. The van der Waals surface area contributed by atoms with Crippen LogP contribution < -0.4 is 0 Å². The second kappa shape index (κ2) is 6.13. The maximum absolute atomic E-state index is 11.9. The molecule has 0 N–H and O–H groups in total. The normalized spacial score (nSPS) is 14.4. The van der Waals surface area contributed by atoms with Gasteiger partial charge in [-0.2, -0.15) is 0 Å². The molecule has 0 saturated carbocycles. The average molecular weight is 261 g/mol. The molecule has 5 heteroatoms. The first-order valence-corrected chi connectivity index (χ1v) is 6.26. The summed E-state index contributed by atoms with van der Waals surface area (Å²) >= 11 is 0. The Morgan fingerprint density at radius 2 is 2.05 bits per heavy atom. The summed E-state index contributed by atoms with van der Waals surface area (Å²) in [5.41, 5.74) is 0.497. The largest absolute Gasteiger partial charge is 0.498 e. The number of nitro benzene ring substituents is 1. The van der Waals surface area contributed by atoms with Gasteiger partial charge in [0.15, 0.2) is 5.78 Å². The van der Waals surface area contributed by atoms with Gasteiger partial charge in [0.1, 0.15) is 0 Å². The fraction of sp³-hybridized carbons (Fsp3) is 0.357. The van der Waals surface area contributed by atoms with Gasteiger partial charge < -0.3 is 4.74 Å². The number of Topliss-reactive ketones (excluding diaryl/α,β-unsaturated/α-hetero) is 1. The zero-order chi connectivity index (χ0) is 13.7. The SMILES string of the molecule is O=C(CCC1=CCCCO1)c1ccc([N+](=O)[O-])cc1. The van der Waals surface area contributed by atoms with E-state index in [1.54, 1.807) is 0 Å². The number of carbonyl (C=O) groups is 1. The van der Waals surface area contributed by atoms with Crippen LogP contribution in [0, 0.1) is 10.1 Å². The van der Waals surface area contributed by atoms with Crippen LogP contribution in [-0.4, -0.2) is 17.3 Å². The van der Waals surface area contributed by atoms with E-state index in [-0.39, 0.29) is 11.5 Å². The first-order chi connectivity index (χ1) is 9.16. The number of ether oxygens (including phenoxy) is 1. The van der Waals surface area contributed by atoms with Crippen LogP contribution in [0.1, 0.15) is 36.0 Å². The number of non-ortho nitro benzene ring substituents is 1. The number of hydrogen-bond acceptors (Lipinski definition) is 4. The maximum atomic E-state index is 11.9. The second-order valence-corrected chi connectivity index (χ2v) is 4.39. The van der Waals surface area contributed by atoms with E-state index < -0.39 is 4.92 Å². The van der Waals surface area contributed by atoms with Crippen molar-refractivity contribution in [3.05, 3.63) is 51.8 Å². The lowest BCUT2D eigenvalue weighted by Crippen LogP contribution is -2.05. The van der Waals surface area contributed by atoms with Crippen LogP contribution in [-0.2, 0) is 4.74 Å². The predicted molar refractivity (Wildman–Crippen MR) is 69.9 cm³/mol. The highest BCUT2D eigenvalue weighted by atomic mass is 16.6. The molecular weight excluding hydrogens is 246 g/mol. The van der Waals surface area contributed by atoms with Gasteiger partial charge in [0.05, 0.1) is 17.3 Å². The van der Waals surface area contributed by atoms with Gasteiger partial charge in [0.25, 0.3) is 5.69 Å². The van der Waals surface area contributed by atoms with Crippen LogP contribution in [0.5, 0.6) is 0 Å². The molecule has 0 bridgehead atoms. The molecule has 1 aromatic carbocycles. The second-order valence-electron chi connectivity index (χ2n) is 4.39. The smallest absolute Gasteiger partial charge is 0.269 e. The molecule has 0 saturated heterocycles. The van der Waals surface area contributed by atoms with E-state index in [1.165, 1.54) is 24.3 Å². The predicted octanol–water partition coefficient (Wildman–Crippen LogP) is 3.25. The van der Waals surface area contributed by atoms with Gasteiger partial charge in [-0.3, -0.25) is 14.9 Å². The summed E-state index contributed by atoms with van der Waals surface area (Å²) in [6.07, 6.45) is 5.01. The number of allylic oxidation sites excluding steroid dienone is 2. The number of benzene rings is 1. The molecule has 1 aliphatic heterocycles. The van der Waals surface area contributed by atoms with E-state index in [1.807, 2.05) is 6.08 Å². The molecule has 0 aromatic heterocycles. The third kappa shape index (κ3) is 3.64. The van der Waals surface area contributed by atoms with Crippen LogP contribution >= 0.6 is 0 Å². The third-order valence-corrected chi connectivity index (χ3v) is 3.01. The Morgan fingerprint density at radius 1 is 1.32 bits per heavy atom. The third-order valence-electron chi connectivity index (χ3n) is 3.01. The van der Waals surface area contributed by atoms with Gasteiger partial charge in [-0.1, -0.05) is 0 Å². The lowest BCUT2D eigenvalue weighted by Gasteiger charge is -2.14. The summed E-state index contributed by atoms with van der Waals surface area (Å²) in [5.74, 6) is 0.853. The summed E-state index contributed by atoms with van der Waals surface area (Å²) in [4.78, 5) is 21.9. The number of nitro groups is 1. The molecule has 1 aliphatic rings. The zero-order valence-electron chi connectivity index (χ0n) is 10.5. The van der Waals surface area contributed by atoms with Crippen molar-refractivity contribution in [2.75, 3.05) is 6.61 Å². The van der Waals surface area contributed by atoms with Crippen molar-refractivity contribution in [3.8, 4) is 0 Å². The minimum atomic E-state index is -0.477. The topological polar surface area (TPSA) is 69.4 Å². The van der Waals surface area contributed by atoms with Crippen molar-refractivity contribution in [3.63, 3.8) is 0 Å². The van der Waals surface area contributed by atoms with E-state index in [9.17, 15) is 14.9 Å². The van der Waals surface area contributed by atoms with Gasteiger partial charge in [-0.15, -0.1) is 0 Å². The Labute approximate surface area is 111 Å². The molecule has 0 unspecified atom stereocenters. The van der Waals surface area contributed by atoms with E-state index in [2.05, 4.69) is 0 Å². The van der Waals surface area contributed by atoms with Crippen molar-refractivity contribution < 1.29 is 14.5 Å². The van der Waals surface area contributed by atoms with Crippen LogP contribution in [0.4, 0.5) is 5.69 Å². The summed E-state index contributed by atoms with van der Waals surface area (Å²) in [6, 6.07) is 5.69. The molecule has 19 heavy (non-hydrogen) atoms. The van der Waals surface area contributed by atoms with E-state index in [0.717, 1.165) is 25.2 Å². The summed E-state index contributed by atoms with van der Waals surface area (Å²) in [5, 5.41) is 10.5. The van der Waals surface area contributed by atoms with Gasteiger partial charge in [-0.05, 0) is 31.1 Å². The minimum absolute atomic E-state index is 0.00475. The zero-order valence-corrected chi connectivity index (χ0v) is 10.5. The summed E-state index contributed by atoms with van der Waals surface area (Å²) in [7, 11) is 0. The van der Waals surface area contributed by atoms with Crippen LogP contribution in [0.15, 0.2) is 36.1 Å². The van der Waals surface area contributed by atoms with Gasteiger partial charge >= 0.3 is 0 Å². The monoisotopic (exact) mass is 261 g/mol. The number of hydrogen-bond donors (Lipinski definition) is 0. The molecule has 0 aliphatic carbocycles. The lowest BCUT2D eigenvalue weighted by atomic mass is 10.0. The highest BCUT2D eigenvalue weighted by Crippen LogP contribution is 2.18. The van der Waals surface area contributed by atoms with Crippen molar-refractivity contribution in [1.82, 2.24) is 0 Å². The van der Waals surface area contributed by atoms with Crippen LogP contribution in [0.25, 0.3) is 0 Å².